The highest BCUT2D eigenvalue weighted by molar-refractivity contribution is 5.76. The van der Waals surface area contributed by atoms with E-state index >= 15 is 0 Å². The van der Waals surface area contributed by atoms with Crippen LogP contribution in [0.1, 0.15) is 38.2 Å². The van der Waals surface area contributed by atoms with E-state index in [1.54, 1.807) is 13.0 Å². The summed E-state index contributed by atoms with van der Waals surface area (Å²) in [7, 11) is 0. The summed E-state index contributed by atoms with van der Waals surface area (Å²) in [5.74, 6) is 0.231. The molecule has 0 radical (unpaired) electrons. The van der Waals surface area contributed by atoms with Crippen LogP contribution >= 0.6 is 0 Å². The number of aromatic hydroxyl groups is 2. The van der Waals surface area contributed by atoms with E-state index in [1.807, 2.05) is 6.92 Å². The second kappa shape index (κ2) is 4.82. The molecule has 1 aromatic carbocycles. The van der Waals surface area contributed by atoms with Crippen LogP contribution in [0.15, 0.2) is 18.2 Å². The monoisotopic (exact) mass is 208 g/mol. The minimum atomic E-state index is 0.0306. The predicted molar refractivity (Wildman–Crippen MR) is 58.1 cm³/mol. The molecule has 0 spiro atoms. The molecule has 0 saturated carbocycles. The summed E-state index contributed by atoms with van der Waals surface area (Å²) >= 11 is 0. The minimum absolute atomic E-state index is 0.0306. The highest BCUT2D eigenvalue weighted by Gasteiger charge is 2.15. The highest BCUT2D eigenvalue weighted by atomic mass is 16.3. The fourth-order valence-corrected chi connectivity index (χ4v) is 1.70. The molecule has 3 heteroatoms. The fourth-order valence-electron chi connectivity index (χ4n) is 1.70. The van der Waals surface area contributed by atoms with Gasteiger partial charge in [0.25, 0.3) is 0 Å². The van der Waals surface area contributed by atoms with Crippen LogP contribution in [0.5, 0.6) is 11.5 Å². The molecule has 1 atom stereocenters. The zero-order valence-electron chi connectivity index (χ0n) is 9.03. The third-order valence-electron chi connectivity index (χ3n) is 2.48. The number of phenols is 2. The van der Waals surface area contributed by atoms with Gasteiger partial charge in [-0.1, -0.05) is 13.0 Å². The molecule has 0 aliphatic carbocycles. The number of carbonyl (C=O) groups is 1. The SMILES string of the molecule is CCC(CC(C)=O)c1ccc(O)cc1O. The van der Waals surface area contributed by atoms with Crippen LogP contribution in [-0.4, -0.2) is 16.0 Å². The summed E-state index contributed by atoms with van der Waals surface area (Å²) in [6, 6.07) is 4.50. The van der Waals surface area contributed by atoms with E-state index in [-0.39, 0.29) is 23.2 Å². The Balaban J connectivity index is 2.96. The molecular weight excluding hydrogens is 192 g/mol. The number of ketones is 1. The molecule has 0 amide bonds. The second-order valence-corrected chi connectivity index (χ2v) is 3.75. The molecule has 1 aromatic rings. The van der Waals surface area contributed by atoms with Crippen LogP contribution < -0.4 is 0 Å². The van der Waals surface area contributed by atoms with Crippen LogP contribution in [0, 0.1) is 0 Å². The van der Waals surface area contributed by atoms with E-state index in [2.05, 4.69) is 0 Å². The molecule has 0 aliphatic rings. The Morgan fingerprint density at radius 1 is 1.40 bits per heavy atom. The van der Waals surface area contributed by atoms with Gasteiger partial charge in [0, 0.05) is 12.5 Å². The summed E-state index contributed by atoms with van der Waals surface area (Å²) in [4.78, 5) is 11.0. The Morgan fingerprint density at radius 3 is 2.53 bits per heavy atom. The van der Waals surface area contributed by atoms with E-state index in [9.17, 15) is 9.90 Å². The van der Waals surface area contributed by atoms with Crippen LogP contribution in [0.3, 0.4) is 0 Å². The second-order valence-electron chi connectivity index (χ2n) is 3.75. The number of benzene rings is 1. The van der Waals surface area contributed by atoms with Crippen LogP contribution in [0.2, 0.25) is 0 Å². The zero-order valence-corrected chi connectivity index (χ0v) is 9.03. The van der Waals surface area contributed by atoms with Gasteiger partial charge < -0.3 is 15.0 Å². The standard InChI is InChI=1S/C12H16O3/c1-3-9(6-8(2)13)11-5-4-10(14)7-12(11)15/h4-5,7,9,14-15H,3,6H2,1-2H3. The van der Waals surface area contributed by atoms with Gasteiger partial charge in [-0.15, -0.1) is 0 Å². The lowest BCUT2D eigenvalue weighted by Crippen LogP contribution is -2.03. The van der Waals surface area contributed by atoms with Gasteiger partial charge >= 0.3 is 0 Å². The number of phenolic OH excluding ortho intramolecular Hbond substituents is 2. The van der Waals surface area contributed by atoms with Gasteiger partial charge in [0.05, 0.1) is 0 Å². The molecule has 0 bridgehead atoms. The Morgan fingerprint density at radius 2 is 2.07 bits per heavy atom. The average Bonchev–Trinajstić information content (AvgIpc) is 2.14. The quantitative estimate of drug-likeness (QED) is 0.799. The van der Waals surface area contributed by atoms with Gasteiger partial charge in [0.1, 0.15) is 17.3 Å². The average molecular weight is 208 g/mol. The van der Waals surface area contributed by atoms with E-state index in [4.69, 9.17) is 5.11 Å². The Labute approximate surface area is 89.4 Å². The normalized spacial score (nSPS) is 12.4. The predicted octanol–water partition coefficient (Wildman–Crippen LogP) is 2.57. The topological polar surface area (TPSA) is 57.5 Å². The Bertz CT molecular complexity index is 358. The molecule has 2 N–H and O–H groups in total. The molecule has 0 aromatic heterocycles. The largest absolute Gasteiger partial charge is 0.508 e. The molecule has 15 heavy (non-hydrogen) atoms. The first-order chi connectivity index (χ1) is 7.04. The lowest BCUT2D eigenvalue weighted by molar-refractivity contribution is -0.117. The first kappa shape index (κ1) is 11.6. The summed E-state index contributed by atoms with van der Waals surface area (Å²) in [5, 5.41) is 18.8. The number of rotatable bonds is 4. The van der Waals surface area contributed by atoms with Gasteiger partial charge in [-0.2, -0.15) is 0 Å². The molecule has 82 valence electrons. The summed E-state index contributed by atoms with van der Waals surface area (Å²) in [5.41, 5.74) is 0.727. The number of hydrogen-bond acceptors (Lipinski definition) is 3. The molecule has 0 heterocycles. The third-order valence-corrected chi connectivity index (χ3v) is 2.48. The van der Waals surface area contributed by atoms with Crippen molar-refractivity contribution in [2.45, 2.75) is 32.6 Å². The molecular formula is C12H16O3. The van der Waals surface area contributed by atoms with Crippen LogP contribution in [0.4, 0.5) is 0 Å². The number of Topliss-reactive ketones (excluding diaryl/α,β-unsaturated/α-hetero) is 1. The lowest BCUT2D eigenvalue weighted by atomic mass is 9.91. The minimum Gasteiger partial charge on any atom is -0.508 e. The van der Waals surface area contributed by atoms with Crippen LogP contribution in [-0.2, 0) is 4.79 Å². The lowest BCUT2D eigenvalue weighted by Gasteiger charge is -2.15. The molecule has 0 fully saturated rings. The summed E-state index contributed by atoms with van der Waals surface area (Å²) in [6.07, 6.45) is 1.22. The first-order valence-electron chi connectivity index (χ1n) is 5.06. The molecule has 0 saturated heterocycles. The zero-order chi connectivity index (χ0) is 11.4. The molecule has 1 unspecified atom stereocenters. The van der Waals surface area contributed by atoms with Crippen molar-refractivity contribution < 1.29 is 15.0 Å². The van der Waals surface area contributed by atoms with Gasteiger partial charge in [-0.05, 0) is 30.9 Å². The summed E-state index contributed by atoms with van der Waals surface area (Å²) in [6.45, 7) is 3.51. The number of hydrogen-bond donors (Lipinski definition) is 2. The van der Waals surface area contributed by atoms with E-state index in [0.717, 1.165) is 12.0 Å². The first-order valence-corrected chi connectivity index (χ1v) is 5.06. The van der Waals surface area contributed by atoms with Crippen molar-refractivity contribution in [3.63, 3.8) is 0 Å². The number of carbonyl (C=O) groups excluding carboxylic acids is 1. The van der Waals surface area contributed by atoms with Crippen molar-refractivity contribution in [3.05, 3.63) is 23.8 Å². The van der Waals surface area contributed by atoms with Crippen molar-refractivity contribution in [2.24, 2.45) is 0 Å². The molecule has 1 rings (SSSR count). The maximum Gasteiger partial charge on any atom is 0.130 e. The van der Waals surface area contributed by atoms with Crippen molar-refractivity contribution in [2.75, 3.05) is 0 Å². The van der Waals surface area contributed by atoms with E-state index in [1.165, 1.54) is 12.1 Å². The van der Waals surface area contributed by atoms with Crippen LogP contribution in [0.25, 0.3) is 0 Å². The van der Waals surface area contributed by atoms with Crippen molar-refractivity contribution in [3.8, 4) is 11.5 Å². The van der Waals surface area contributed by atoms with E-state index in [0.29, 0.717) is 6.42 Å². The maximum absolute atomic E-state index is 11.0. The van der Waals surface area contributed by atoms with Gasteiger partial charge in [-0.25, -0.2) is 0 Å². The Kier molecular flexibility index (Phi) is 3.72. The Hall–Kier alpha value is -1.51. The highest BCUT2D eigenvalue weighted by Crippen LogP contribution is 2.33. The van der Waals surface area contributed by atoms with Gasteiger partial charge in [-0.3, -0.25) is 0 Å². The molecule has 3 nitrogen and oxygen atoms in total. The van der Waals surface area contributed by atoms with Gasteiger partial charge in [0.15, 0.2) is 0 Å². The van der Waals surface area contributed by atoms with Crippen molar-refractivity contribution in [1.29, 1.82) is 0 Å². The van der Waals surface area contributed by atoms with Crippen molar-refractivity contribution in [1.82, 2.24) is 0 Å². The smallest absolute Gasteiger partial charge is 0.130 e. The molecule has 0 aliphatic heterocycles. The fraction of sp³-hybridized carbons (Fsp3) is 0.417. The van der Waals surface area contributed by atoms with E-state index < -0.39 is 0 Å². The maximum atomic E-state index is 11.0. The van der Waals surface area contributed by atoms with Gasteiger partial charge in [0.2, 0.25) is 0 Å². The third kappa shape index (κ3) is 2.98. The van der Waals surface area contributed by atoms with Crippen molar-refractivity contribution >= 4 is 5.78 Å². The summed E-state index contributed by atoms with van der Waals surface area (Å²) < 4.78 is 0.